The third kappa shape index (κ3) is 1.91. The molecule has 54 valence electrons. The van der Waals surface area contributed by atoms with Crippen LogP contribution in [0.2, 0.25) is 0 Å². The predicted octanol–water partition coefficient (Wildman–Crippen LogP) is -1.45. The topological polar surface area (TPSA) is 64.5 Å². The molecule has 2 atom stereocenters. The highest BCUT2D eigenvalue weighted by molar-refractivity contribution is 4.71. The quantitative estimate of drug-likeness (QED) is 0.326. The molecule has 4 heteroatoms. The third-order valence-corrected chi connectivity index (χ3v) is 1.33. The van der Waals surface area contributed by atoms with Crippen LogP contribution in [0.25, 0.3) is 0 Å². The smallest absolute Gasteiger partial charge is 0.109 e. The van der Waals surface area contributed by atoms with E-state index in [4.69, 9.17) is 10.2 Å². The Morgan fingerprint density at radius 2 is 1.67 bits per heavy atom. The van der Waals surface area contributed by atoms with Gasteiger partial charge < -0.3 is 10.2 Å². The Morgan fingerprint density at radius 1 is 1.22 bits per heavy atom. The van der Waals surface area contributed by atoms with Gasteiger partial charge in [0.05, 0.1) is 6.17 Å². The summed E-state index contributed by atoms with van der Waals surface area (Å²) in [6.45, 7) is 1.84. The van der Waals surface area contributed by atoms with E-state index in [0.717, 1.165) is 0 Å². The lowest BCUT2D eigenvalue weighted by Gasteiger charge is -2.30. The Kier molecular flexibility index (Phi) is 2.02. The maximum atomic E-state index is 8.94. The largest absolute Gasteiger partial charge is 0.378 e. The molecule has 0 aromatic heterocycles. The molecule has 1 rings (SSSR count). The van der Waals surface area contributed by atoms with Gasteiger partial charge in [0.2, 0.25) is 0 Å². The van der Waals surface area contributed by atoms with Crippen LogP contribution in [0.5, 0.6) is 0 Å². The number of nitrogens with one attached hydrogen (secondary N) is 2. The SMILES string of the molecule is CC1NC(O)CC(O)N1. The monoisotopic (exact) mass is 132 g/mol. The summed E-state index contributed by atoms with van der Waals surface area (Å²) in [5.74, 6) is 0. The zero-order chi connectivity index (χ0) is 6.85. The number of hydrogen-bond acceptors (Lipinski definition) is 4. The van der Waals surface area contributed by atoms with Crippen LogP contribution in [0.4, 0.5) is 0 Å². The first-order valence-corrected chi connectivity index (χ1v) is 3.06. The first kappa shape index (κ1) is 6.95. The van der Waals surface area contributed by atoms with Gasteiger partial charge in [-0.05, 0) is 6.92 Å². The lowest BCUT2D eigenvalue weighted by atomic mass is 10.2. The zero-order valence-electron chi connectivity index (χ0n) is 5.33. The van der Waals surface area contributed by atoms with Gasteiger partial charge in [-0.3, -0.25) is 10.6 Å². The molecule has 4 N–H and O–H groups in total. The second-order valence-electron chi connectivity index (χ2n) is 2.32. The molecule has 1 aliphatic rings. The third-order valence-electron chi connectivity index (χ3n) is 1.33. The van der Waals surface area contributed by atoms with Gasteiger partial charge in [0, 0.05) is 6.42 Å². The second-order valence-corrected chi connectivity index (χ2v) is 2.32. The maximum absolute atomic E-state index is 8.94. The van der Waals surface area contributed by atoms with Crippen molar-refractivity contribution < 1.29 is 10.2 Å². The van der Waals surface area contributed by atoms with E-state index < -0.39 is 12.5 Å². The molecule has 0 bridgehead atoms. The van der Waals surface area contributed by atoms with Crippen molar-refractivity contribution in [1.82, 2.24) is 10.6 Å². The van der Waals surface area contributed by atoms with Crippen LogP contribution in [0.15, 0.2) is 0 Å². The fraction of sp³-hybridized carbons (Fsp3) is 1.00. The van der Waals surface area contributed by atoms with E-state index in [1.165, 1.54) is 0 Å². The molecule has 1 saturated heterocycles. The summed E-state index contributed by atoms with van der Waals surface area (Å²) in [6.07, 6.45) is -0.805. The number of rotatable bonds is 0. The molecule has 0 aliphatic carbocycles. The van der Waals surface area contributed by atoms with Gasteiger partial charge in [-0.1, -0.05) is 0 Å². The van der Waals surface area contributed by atoms with Gasteiger partial charge in [0.25, 0.3) is 0 Å². The van der Waals surface area contributed by atoms with E-state index in [9.17, 15) is 0 Å². The van der Waals surface area contributed by atoms with Crippen LogP contribution in [0.1, 0.15) is 13.3 Å². The number of hydrogen-bond donors (Lipinski definition) is 4. The molecule has 1 heterocycles. The molecule has 0 saturated carbocycles. The Morgan fingerprint density at radius 3 is 2.00 bits per heavy atom. The van der Waals surface area contributed by atoms with E-state index in [0.29, 0.717) is 6.42 Å². The fourth-order valence-electron chi connectivity index (χ4n) is 0.973. The van der Waals surface area contributed by atoms with E-state index in [1.54, 1.807) is 0 Å². The van der Waals surface area contributed by atoms with E-state index >= 15 is 0 Å². The normalized spacial score (nSPS) is 45.0. The van der Waals surface area contributed by atoms with Crippen molar-refractivity contribution >= 4 is 0 Å². The summed E-state index contributed by atoms with van der Waals surface area (Å²) in [5, 5.41) is 23.5. The van der Waals surface area contributed by atoms with Gasteiger partial charge in [-0.2, -0.15) is 0 Å². The molecular weight excluding hydrogens is 120 g/mol. The van der Waals surface area contributed by atoms with Crippen molar-refractivity contribution in [3.8, 4) is 0 Å². The Bertz CT molecular complexity index is 73.9. The van der Waals surface area contributed by atoms with Crippen LogP contribution in [0, 0.1) is 0 Å². The molecular formula is C5H12N2O2. The fourth-order valence-corrected chi connectivity index (χ4v) is 0.973. The maximum Gasteiger partial charge on any atom is 0.109 e. The van der Waals surface area contributed by atoms with E-state index in [2.05, 4.69) is 10.6 Å². The minimum absolute atomic E-state index is 0.0104. The Balaban J connectivity index is 2.34. The summed E-state index contributed by atoms with van der Waals surface area (Å²) >= 11 is 0. The van der Waals surface area contributed by atoms with Crippen molar-refractivity contribution in [3.05, 3.63) is 0 Å². The molecule has 4 nitrogen and oxygen atoms in total. The van der Waals surface area contributed by atoms with Crippen molar-refractivity contribution in [1.29, 1.82) is 0 Å². The second kappa shape index (κ2) is 2.62. The number of aliphatic hydroxyl groups excluding tert-OH is 2. The lowest BCUT2D eigenvalue weighted by molar-refractivity contribution is -0.0102. The van der Waals surface area contributed by atoms with Crippen molar-refractivity contribution in [2.75, 3.05) is 0 Å². The highest BCUT2D eigenvalue weighted by Gasteiger charge is 2.20. The number of aliphatic hydroxyl groups is 2. The highest BCUT2D eigenvalue weighted by atomic mass is 16.3. The molecule has 0 radical (unpaired) electrons. The standard InChI is InChI=1S/C5H12N2O2/c1-3-6-4(8)2-5(9)7-3/h3-9H,2H2,1H3. The summed E-state index contributed by atoms with van der Waals surface area (Å²) in [6, 6.07) is 0. The van der Waals surface area contributed by atoms with Crippen LogP contribution in [0.3, 0.4) is 0 Å². The molecule has 1 fully saturated rings. The summed E-state index contributed by atoms with van der Waals surface area (Å²) in [7, 11) is 0. The van der Waals surface area contributed by atoms with E-state index in [1.807, 2.05) is 6.92 Å². The van der Waals surface area contributed by atoms with Gasteiger partial charge in [-0.25, -0.2) is 0 Å². The zero-order valence-corrected chi connectivity index (χ0v) is 5.33. The first-order valence-electron chi connectivity index (χ1n) is 3.06. The molecule has 1 aliphatic heterocycles. The van der Waals surface area contributed by atoms with Crippen LogP contribution in [-0.4, -0.2) is 28.8 Å². The van der Waals surface area contributed by atoms with Crippen LogP contribution in [-0.2, 0) is 0 Å². The molecule has 2 unspecified atom stereocenters. The molecule has 0 spiro atoms. The first-order chi connectivity index (χ1) is 4.18. The average Bonchev–Trinajstić information content (AvgIpc) is 1.59. The van der Waals surface area contributed by atoms with Crippen molar-refractivity contribution in [3.63, 3.8) is 0 Å². The molecule has 0 aromatic rings. The molecule has 0 amide bonds. The minimum Gasteiger partial charge on any atom is -0.378 e. The average molecular weight is 132 g/mol. The predicted molar refractivity (Wildman–Crippen MR) is 32.4 cm³/mol. The highest BCUT2D eigenvalue weighted by Crippen LogP contribution is 1.99. The van der Waals surface area contributed by atoms with Crippen molar-refractivity contribution in [2.45, 2.75) is 32.0 Å². The Hall–Kier alpha value is -0.160. The van der Waals surface area contributed by atoms with E-state index in [-0.39, 0.29) is 6.17 Å². The molecule has 0 aromatic carbocycles. The summed E-state index contributed by atoms with van der Waals surface area (Å²) in [5.41, 5.74) is 0. The van der Waals surface area contributed by atoms with Gasteiger partial charge in [-0.15, -0.1) is 0 Å². The van der Waals surface area contributed by atoms with Crippen molar-refractivity contribution in [2.24, 2.45) is 0 Å². The lowest BCUT2D eigenvalue weighted by Crippen LogP contribution is -2.56. The van der Waals surface area contributed by atoms with Gasteiger partial charge >= 0.3 is 0 Å². The Labute approximate surface area is 53.9 Å². The van der Waals surface area contributed by atoms with Crippen LogP contribution >= 0.6 is 0 Å². The minimum atomic E-state index is -0.573. The summed E-state index contributed by atoms with van der Waals surface area (Å²) < 4.78 is 0. The molecule has 9 heavy (non-hydrogen) atoms. The van der Waals surface area contributed by atoms with Crippen LogP contribution < -0.4 is 10.6 Å². The summed E-state index contributed by atoms with van der Waals surface area (Å²) in [4.78, 5) is 0. The van der Waals surface area contributed by atoms with Gasteiger partial charge in [0.15, 0.2) is 0 Å². The van der Waals surface area contributed by atoms with Gasteiger partial charge in [0.1, 0.15) is 12.5 Å².